The quantitative estimate of drug-likeness (QED) is 0.629. The van der Waals surface area contributed by atoms with E-state index in [0.29, 0.717) is 4.99 Å². The Bertz CT molecular complexity index is 372. The Balaban J connectivity index is 2.67. The Kier molecular flexibility index (Phi) is 4.85. The number of thioether (sulfide) groups is 1. The first-order valence-corrected chi connectivity index (χ1v) is 6.27. The average molecular weight is 237 g/mol. The molecule has 3 heteroatoms. The third-order valence-corrected chi connectivity index (χ3v) is 3.32. The lowest BCUT2D eigenvalue weighted by Gasteiger charge is -2.07. The van der Waals surface area contributed by atoms with Crippen molar-refractivity contribution in [2.24, 2.45) is 5.73 Å². The number of hydrogen-bond donors (Lipinski definition) is 1. The molecule has 0 aliphatic rings. The Labute approximate surface area is 101 Å². The second-order valence-electron chi connectivity index (χ2n) is 3.47. The first-order chi connectivity index (χ1) is 7.11. The molecule has 0 heterocycles. The van der Waals surface area contributed by atoms with Crippen LogP contribution in [0.1, 0.15) is 18.1 Å². The molecule has 0 bridgehead atoms. The van der Waals surface area contributed by atoms with Crippen LogP contribution in [0.15, 0.2) is 36.4 Å². The van der Waals surface area contributed by atoms with Gasteiger partial charge < -0.3 is 5.73 Å². The van der Waals surface area contributed by atoms with Crippen LogP contribution in [0.3, 0.4) is 0 Å². The van der Waals surface area contributed by atoms with E-state index in [1.165, 1.54) is 11.1 Å². The monoisotopic (exact) mass is 237 g/mol. The number of hydrogen-bond acceptors (Lipinski definition) is 2. The van der Waals surface area contributed by atoms with Crippen molar-refractivity contribution in [2.75, 3.05) is 5.75 Å². The molecule has 0 aliphatic carbocycles. The summed E-state index contributed by atoms with van der Waals surface area (Å²) in [7, 11) is 0. The SMILES string of the molecule is C=C(C)CSCc1ccccc1C(N)=S. The van der Waals surface area contributed by atoms with Gasteiger partial charge in [0.25, 0.3) is 0 Å². The van der Waals surface area contributed by atoms with E-state index in [9.17, 15) is 0 Å². The van der Waals surface area contributed by atoms with E-state index < -0.39 is 0 Å². The van der Waals surface area contributed by atoms with E-state index in [2.05, 4.69) is 12.6 Å². The van der Waals surface area contributed by atoms with Crippen molar-refractivity contribution in [2.45, 2.75) is 12.7 Å². The molecule has 0 spiro atoms. The molecule has 0 unspecified atom stereocenters. The van der Waals surface area contributed by atoms with E-state index in [1.807, 2.05) is 36.9 Å². The van der Waals surface area contributed by atoms with Crippen molar-refractivity contribution < 1.29 is 0 Å². The number of benzene rings is 1. The van der Waals surface area contributed by atoms with Gasteiger partial charge in [-0.15, -0.1) is 0 Å². The molecular formula is C12H15NS2. The lowest BCUT2D eigenvalue weighted by Crippen LogP contribution is -2.11. The fourth-order valence-electron chi connectivity index (χ4n) is 1.22. The number of nitrogens with two attached hydrogens (primary N) is 1. The van der Waals surface area contributed by atoms with Gasteiger partial charge in [0.1, 0.15) is 4.99 Å². The zero-order chi connectivity index (χ0) is 11.3. The maximum absolute atomic E-state index is 5.65. The Morgan fingerprint density at radius 1 is 1.47 bits per heavy atom. The molecule has 0 saturated carbocycles. The van der Waals surface area contributed by atoms with Crippen LogP contribution in [0.4, 0.5) is 0 Å². The Hall–Kier alpha value is -0.800. The molecule has 0 aliphatic heterocycles. The summed E-state index contributed by atoms with van der Waals surface area (Å²) in [5.74, 6) is 1.91. The minimum atomic E-state index is 0.474. The summed E-state index contributed by atoms with van der Waals surface area (Å²) in [4.78, 5) is 0.474. The third kappa shape index (κ3) is 4.06. The second-order valence-corrected chi connectivity index (χ2v) is 4.90. The molecule has 80 valence electrons. The van der Waals surface area contributed by atoms with Crippen LogP contribution in [0, 0.1) is 0 Å². The molecule has 2 N–H and O–H groups in total. The van der Waals surface area contributed by atoms with Crippen molar-refractivity contribution in [1.82, 2.24) is 0 Å². The van der Waals surface area contributed by atoms with Crippen molar-refractivity contribution in [3.63, 3.8) is 0 Å². The highest BCUT2D eigenvalue weighted by atomic mass is 32.2. The first kappa shape index (κ1) is 12.3. The van der Waals surface area contributed by atoms with E-state index in [1.54, 1.807) is 0 Å². The zero-order valence-electron chi connectivity index (χ0n) is 8.82. The van der Waals surface area contributed by atoms with E-state index in [4.69, 9.17) is 18.0 Å². The minimum Gasteiger partial charge on any atom is -0.389 e. The highest BCUT2D eigenvalue weighted by molar-refractivity contribution is 7.98. The lowest BCUT2D eigenvalue weighted by molar-refractivity contribution is 1.37. The van der Waals surface area contributed by atoms with E-state index in [0.717, 1.165) is 17.1 Å². The molecule has 1 aromatic carbocycles. The van der Waals surface area contributed by atoms with Gasteiger partial charge in [-0.3, -0.25) is 0 Å². The van der Waals surface area contributed by atoms with Crippen molar-refractivity contribution >= 4 is 29.0 Å². The largest absolute Gasteiger partial charge is 0.389 e. The normalized spacial score (nSPS) is 9.93. The summed E-state index contributed by atoms with van der Waals surface area (Å²) in [5, 5.41) is 0. The predicted molar refractivity (Wildman–Crippen MR) is 73.3 cm³/mol. The summed E-state index contributed by atoms with van der Waals surface area (Å²) >= 11 is 6.83. The number of rotatable bonds is 5. The fraction of sp³-hybridized carbons (Fsp3) is 0.250. The van der Waals surface area contributed by atoms with Crippen LogP contribution in [0.25, 0.3) is 0 Å². The van der Waals surface area contributed by atoms with Crippen molar-refractivity contribution in [1.29, 1.82) is 0 Å². The van der Waals surface area contributed by atoms with Gasteiger partial charge in [0.15, 0.2) is 0 Å². The highest BCUT2D eigenvalue weighted by Gasteiger charge is 2.03. The van der Waals surface area contributed by atoms with Crippen LogP contribution < -0.4 is 5.73 Å². The van der Waals surface area contributed by atoms with Crippen LogP contribution in [-0.2, 0) is 5.75 Å². The third-order valence-electron chi connectivity index (χ3n) is 1.89. The topological polar surface area (TPSA) is 26.0 Å². The molecular weight excluding hydrogens is 222 g/mol. The van der Waals surface area contributed by atoms with Gasteiger partial charge in [-0.25, -0.2) is 0 Å². The van der Waals surface area contributed by atoms with Gasteiger partial charge in [0.05, 0.1) is 0 Å². The zero-order valence-corrected chi connectivity index (χ0v) is 10.5. The first-order valence-electron chi connectivity index (χ1n) is 4.71. The lowest BCUT2D eigenvalue weighted by atomic mass is 10.1. The molecule has 1 nitrogen and oxygen atoms in total. The maximum atomic E-state index is 5.65. The molecule has 0 radical (unpaired) electrons. The van der Waals surface area contributed by atoms with Crippen LogP contribution >= 0.6 is 24.0 Å². The summed E-state index contributed by atoms with van der Waals surface area (Å²) in [6.07, 6.45) is 0. The molecule has 0 amide bonds. The standard InChI is InChI=1S/C12H15NS2/c1-9(2)7-15-8-10-5-3-4-6-11(10)12(13)14/h3-6H,1,7-8H2,2H3,(H2,13,14). The van der Waals surface area contributed by atoms with Gasteiger partial charge in [0, 0.05) is 17.1 Å². The molecule has 0 aromatic heterocycles. The summed E-state index contributed by atoms with van der Waals surface area (Å²) in [5.41, 5.74) is 9.03. The van der Waals surface area contributed by atoms with Crippen LogP contribution in [-0.4, -0.2) is 10.7 Å². The molecule has 15 heavy (non-hydrogen) atoms. The predicted octanol–water partition coefficient (Wildman–Crippen LogP) is 3.13. The molecule has 1 aromatic rings. The highest BCUT2D eigenvalue weighted by Crippen LogP contribution is 2.18. The second kappa shape index (κ2) is 5.93. The maximum Gasteiger partial charge on any atom is 0.104 e. The van der Waals surface area contributed by atoms with Crippen molar-refractivity contribution in [3.05, 3.63) is 47.5 Å². The molecule has 0 fully saturated rings. The Morgan fingerprint density at radius 2 is 2.13 bits per heavy atom. The van der Waals surface area contributed by atoms with Gasteiger partial charge >= 0.3 is 0 Å². The molecule has 0 atom stereocenters. The van der Waals surface area contributed by atoms with Gasteiger partial charge in [-0.2, -0.15) is 11.8 Å². The van der Waals surface area contributed by atoms with E-state index >= 15 is 0 Å². The van der Waals surface area contributed by atoms with E-state index in [-0.39, 0.29) is 0 Å². The van der Waals surface area contributed by atoms with Gasteiger partial charge in [-0.05, 0) is 12.5 Å². The number of thiocarbonyl (C=S) groups is 1. The molecule has 0 saturated heterocycles. The van der Waals surface area contributed by atoms with Crippen molar-refractivity contribution in [3.8, 4) is 0 Å². The minimum absolute atomic E-state index is 0.474. The summed E-state index contributed by atoms with van der Waals surface area (Å²) < 4.78 is 0. The Morgan fingerprint density at radius 3 is 2.73 bits per heavy atom. The van der Waals surface area contributed by atoms with Gasteiger partial charge in [-0.1, -0.05) is 48.6 Å². The average Bonchev–Trinajstić information content (AvgIpc) is 2.17. The summed E-state index contributed by atoms with van der Waals surface area (Å²) in [6.45, 7) is 5.91. The summed E-state index contributed by atoms with van der Waals surface area (Å²) in [6, 6.07) is 8.01. The van der Waals surface area contributed by atoms with Gasteiger partial charge in [0.2, 0.25) is 0 Å². The molecule has 1 rings (SSSR count). The fourth-order valence-corrected chi connectivity index (χ4v) is 2.34. The van der Waals surface area contributed by atoms with Crippen LogP contribution in [0.5, 0.6) is 0 Å². The smallest absolute Gasteiger partial charge is 0.104 e. The van der Waals surface area contributed by atoms with Crippen LogP contribution in [0.2, 0.25) is 0 Å².